The maximum absolute atomic E-state index is 4.11. The molecule has 0 aromatic heterocycles. The summed E-state index contributed by atoms with van der Waals surface area (Å²) >= 11 is 0. The maximum atomic E-state index is 4.11. The van der Waals surface area contributed by atoms with Crippen LogP contribution in [0.2, 0.25) is 0 Å². The van der Waals surface area contributed by atoms with Crippen molar-refractivity contribution in [2.75, 3.05) is 27.2 Å². The number of unbranched alkanes of at least 4 members (excludes halogenated alkanes) is 1. The van der Waals surface area contributed by atoms with E-state index in [1.807, 2.05) is 0 Å². The highest BCUT2D eigenvalue weighted by Crippen LogP contribution is 2.12. The summed E-state index contributed by atoms with van der Waals surface area (Å²) < 4.78 is 0. The summed E-state index contributed by atoms with van der Waals surface area (Å²) in [6.07, 6.45) is 3.48. The first-order valence-corrected chi connectivity index (χ1v) is 6.80. The number of nitrogens with zero attached hydrogens (tertiary/aromatic N) is 1. The molecule has 2 nitrogen and oxygen atoms in total. The third-order valence-corrected chi connectivity index (χ3v) is 3.05. The van der Waals surface area contributed by atoms with Crippen molar-refractivity contribution in [3.8, 4) is 0 Å². The van der Waals surface area contributed by atoms with Gasteiger partial charge in [0.05, 0.1) is 0 Å². The Morgan fingerprint density at radius 2 is 2.06 bits per heavy atom. The molecule has 0 atom stereocenters. The molecular weight excluding hydrogens is 220 g/mol. The third kappa shape index (κ3) is 5.37. The number of nitrogens with one attached hydrogen (secondary N) is 1. The smallest absolute Gasteiger partial charge is 0.0340 e. The van der Waals surface area contributed by atoms with Gasteiger partial charge in [0.2, 0.25) is 0 Å². The van der Waals surface area contributed by atoms with E-state index >= 15 is 0 Å². The highest BCUT2D eigenvalue weighted by Gasteiger charge is 1.99. The lowest BCUT2D eigenvalue weighted by Crippen LogP contribution is -2.17. The van der Waals surface area contributed by atoms with Crippen LogP contribution in [0.15, 0.2) is 30.8 Å². The van der Waals surface area contributed by atoms with Crippen LogP contribution in [0, 0.1) is 0 Å². The van der Waals surface area contributed by atoms with Crippen molar-refractivity contribution in [2.24, 2.45) is 0 Å². The summed E-state index contributed by atoms with van der Waals surface area (Å²) in [6, 6.07) is 8.60. The molecule has 2 heteroatoms. The van der Waals surface area contributed by atoms with Crippen LogP contribution in [0.5, 0.6) is 0 Å². The van der Waals surface area contributed by atoms with E-state index in [4.69, 9.17) is 0 Å². The Kier molecular flexibility index (Phi) is 6.51. The van der Waals surface area contributed by atoms with E-state index in [0.717, 1.165) is 25.2 Å². The molecule has 0 fully saturated rings. The summed E-state index contributed by atoms with van der Waals surface area (Å²) in [7, 11) is 4.23. The Morgan fingerprint density at radius 1 is 1.28 bits per heavy atom. The van der Waals surface area contributed by atoms with Crippen LogP contribution in [0.3, 0.4) is 0 Å². The molecule has 0 unspecified atom stereocenters. The normalized spacial score (nSPS) is 10.7. The molecule has 100 valence electrons. The van der Waals surface area contributed by atoms with Crippen LogP contribution in [-0.4, -0.2) is 32.1 Å². The number of rotatable bonds is 8. The van der Waals surface area contributed by atoms with Gasteiger partial charge in [-0.3, -0.25) is 0 Å². The molecule has 0 spiro atoms. The molecule has 0 bridgehead atoms. The minimum atomic E-state index is 1.00. The molecule has 1 rings (SSSR count). The van der Waals surface area contributed by atoms with Crippen LogP contribution in [-0.2, 0) is 6.42 Å². The number of hydrogen-bond acceptors (Lipinski definition) is 2. The van der Waals surface area contributed by atoms with E-state index < -0.39 is 0 Å². The summed E-state index contributed by atoms with van der Waals surface area (Å²) in [5, 5.41) is 3.41. The maximum Gasteiger partial charge on any atom is 0.0340 e. The standard InChI is InChI=1S/C16H26N2/c1-5-15-9-8-10-16(13-15)14(2)17-11-6-7-12-18(3)4/h8-10,13,17H,2,5-7,11-12H2,1,3-4H3. The zero-order valence-corrected chi connectivity index (χ0v) is 12.0. The lowest BCUT2D eigenvalue weighted by atomic mass is 10.1. The minimum absolute atomic E-state index is 1.00. The molecule has 0 heterocycles. The van der Waals surface area contributed by atoms with Crippen molar-refractivity contribution in [1.82, 2.24) is 10.2 Å². The van der Waals surface area contributed by atoms with E-state index in [9.17, 15) is 0 Å². The summed E-state index contributed by atoms with van der Waals surface area (Å²) in [6.45, 7) is 8.44. The molecule has 1 aromatic carbocycles. The van der Waals surface area contributed by atoms with Crippen molar-refractivity contribution in [3.63, 3.8) is 0 Å². The molecule has 0 amide bonds. The monoisotopic (exact) mass is 246 g/mol. The van der Waals surface area contributed by atoms with E-state index in [2.05, 4.69) is 62.1 Å². The zero-order valence-electron chi connectivity index (χ0n) is 12.0. The average Bonchev–Trinajstić information content (AvgIpc) is 2.37. The lowest BCUT2D eigenvalue weighted by Gasteiger charge is -2.12. The second kappa shape index (κ2) is 7.93. The zero-order chi connectivity index (χ0) is 13.4. The first-order chi connectivity index (χ1) is 8.63. The Hall–Kier alpha value is -1.28. The van der Waals surface area contributed by atoms with Crippen molar-refractivity contribution in [1.29, 1.82) is 0 Å². The van der Waals surface area contributed by atoms with Crippen LogP contribution in [0.4, 0.5) is 0 Å². The second-order valence-electron chi connectivity index (χ2n) is 4.97. The Morgan fingerprint density at radius 3 is 2.72 bits per heavy atom. The summed E-state index contributed by atoms with van der Waals surface area (Å²) in [5.74, 6) is 0. The summed E-state index contributed by atoms with van der Waals surface area (Å²) in [4.78, 5) is 2.22. The molecular formula is C16H26N2. The highest BCUT2D eigenvalue weighted by molar-refractivity contribution is 5.62. The highest BCUT2D eigenvalue weighted by atomic mass is 15.0. The van der Waals surface area contributed by atoms with Crippen LogP contribution in [0.25, 0.3) is 5.70 Å². The fourth-order valence-corrected chi connectivity index (χ4v) is 1.87. The fraction of sp³-hybridized carbons (Fsp3) is 0.500. The van der Waals surface area contributed by atoms with Gasteiger partial charge in [-0.15, -0.1) is 0 Å². The first-order valence-electron chi connectivity index (χ1n) is 6.80. The topological polar surface area (TPSA) is 15.3 Å². The fourth-order valence-electron chi connectivity index (χ4n) is 1.87. The van der Waals surface area contributed by atoms with Gasteiger partial charge in [-0.25, -0.2) is 0 Å². The van der Waals surface area contributed by atoms with Crippen molar-refractivity contribution < 1.29 is 0 Å². The van der Waals surface area contributed by atoms with Gasteiger partial charge in [0.1, 0.15) is 0 Å². The Balaban J connectivity index is 2.31. The largest absolute Gasteiger partial charge is 0.385 e. The van der Waals surface area contributed by atoms with Gasteiger partial charge in [0.15, 0.2) is 0 Å². The molecule has 0 aliphatic rings. The summed E-state index contributed by atoms with van der Waals surface area (Å²) in [5.41, 5.74) is 3.61. The van der Waals surface area contributed by atoms with Gasteiger partial charge in [-0.05, 0) is 57.1 Å². The van der Waals surface area contributed by atoms with Crippen LogP contribution < -0.4 is 5.32 Å². The van der Waals surface area contributed by atoms with E-state index in [1.54, 1.807) is 0 Å². The van der Waals surface area contributed by atoms with Crippen LogP contribution >= 0.6 is 0 Å². The molecule has 0 saturated heterocycles. The lowest BCUT2D eigenvalue weighted by molar-refractivity contribution is 0.394. The van der Waals surface area contributed by atoms with Gasteiger partial charge < -0.3 is 10.2 Å². The number of hydrogen-bond donors (Lipinski definition) is 1. The molecule has 1 N–H and O–H groups in total. The van der Waals surface area contributed by atoms with E-state index in [1.165, 1.54) is 24.0 Å². The quantitative estimate of drug-likeness (QED) is 0.709. The minimum Gasteiger partial charge on any atom is -0.385 e. The van der Waals surface area contributed by atoms with Gasteiger partial charge >= 0.3 is 0 Å². The van der Waals surface area contributed by atoms with Crippen molar-refractivity contribution >= 4 is 5.70 Å². The van der Waals surface area contributed by atoms with E-state index in [-0.39, 0.29) is 0 Å². The van der Waals surface area contributed by atoms with Gasteiger partial charge in [0.25, 0.3) is 0 Å². The first kappa shape index (κ1) is 14.8. The molecule has 18 heavy (non-hydrogen) atoms. The van der Waals surface area contributed by atoms with Gasteiger partial charge in [-0.1, -0.05) is 31.7 Å². The Bertz CT molecular complexity index is 369. The van der Waals surface area contributed by atoms with Crippen molar-refractivity contribution in [2.45, 2.75) is 26.2 Å². The van der Waals surface area contributed by atoms with Gasteiger partial charge in [0, 0.05) is 12.2 Å². The number of aryl methyl sites for hydroxylation is 1. The SMILES string of the molecule is C=C(NCCCCN(C)C)c1cccc(CC)c1. The molecule has 0 radical (unpaired) electrons. The average molecular weight is 246 g/mol. The molecule has 0 saturated carbocycles. The number of benzene rings is 1. The van der Waals surface area contributed by atoms with Crippen LogP contribution in [0.1, 0.15) is 30.9 Å². The van der Waals surface area contributed by atoms with Crippen molar-refractivity contribution in [3.05, 3.63) is 42.0 Å². The van der Waals surface area contributed by atoms with E-state index in [0.29, 0.717) is 0 Å². The Labute approximate surface area is 112 Å². The molecule has 0 aliphatic carbocycles. The third-order valence-electron chi connectivity index (χ3n) is 3.05. The predicted molar refractivity (Wildman–Crippen MR) is 80.6 cm³/mol. The molecule has 0 aliphatic heterocycles. The second-order valence-corrected chi connectivity index (χ2v) is 4.97. The molecule has 1 aromatic rings. The predicted octanol–water partition coefficient (Wildman–Crippen LogP) is 3.15. The van der Waals surface area contributed by atoms with Gasteiger partial charge in [-0.2, -0.15) is 0 Å².